The highest BCUT2D eigenvalue weighted by Gasteiger charge is 2.32. The third-order valence-corrected chi connectivity index (χ3v) is 6.90. The molecule has 0 radical (unpaired) electrons. The second-order valence-electron chi connectivity index (χ2n) is 7.50. The Kier molecular flexibility index (Phi) is 13.3. The highest BCUT2D eigenvalue weighted by atomic mass is 79.9. The number of fused-ring (bicyclic) bond motifs is 1. The fourth-order valence-corrected chi connectivity index (χ4v) is 4.99. The maximum atomic E-state index is 12.9. The first-order valence-corrected chi connectivity index (χ1v) is 13.8. The van der Waals surface area contributed by atoms with Crippen LogP contribution in [0.25, 0.3) is 0 Å². The van der Waals surface area contributed by atoms with Crippen LogP contribution in [-0.2, 0) is 17.6 Å². The summed E-state index contributed by atoms with van der Waals surface area (Å²) in [5, 5.41) is 11.3. The van der Waals surface area contributed by atoms with Crippen molar-refractivity contribution in [1.29, 1.82) is 0 Å². The number of anilines is 1. The maximum Gasteiger partial charge on any atom is 0.573 e. The molecule has 0 saturated carbocycles. The Morgan fingerprint density at radius 2 is 1.76 bits per heavy atom. The van der Waals surface area contributed by atoms with Crippen LogP contribution in [-0.4, -0.2) is 46.2 Å². The van der Waals surface area contributed by atoms with Crippen LogP contribution in [0.15, 0.2) is 45.8 Å². The fraction of sp³-hybridized carbons (Fsp3) is 0.462. The van der Waals surface area contributed by atoms with E-state index in [1.54, 1.807) is 11.8 Å². The SMILES string of the molecule is CC.CC.CCN(C(=O)Nc1ccc(OC(F)(F)F)c(Br)c1)C1Cc2ccc(SC(C)C(=O)O)cc2C1. The Morgan fingerprint density at radius 1 is 1.14 bits per heavy atom. The van der Waals surface area contributed by atoms with Crippen molar-refractivity contribution in [2.45, 2.75) is 76.9 Å². The number of ether oxygens (including phenoxy) is 1. The average Bonchev–Trinajstić information content (AvgIpc) is 3.26. The van der Waals surface area contributed by atoms with Crippen molar-refractivity contribution in [3.8, 4) is 5.75 Å². The zero-order valence-electron chi connectivity index (χ0n) is 21.8. The third kappa shape index (κ3) is 9.77. The summed E-state index contributed by atoms with van der Waals surface area (Å²) in [5.74, 6) is -1.28. The van der Waals surface area contributed by atoms with E-state index in [2.05, 4.69) is 26.0 Å². The van der Waals surface area contributed by atoms with Crippen LogP contribution < -0.4 is 10.1 Å². The zero-order chi connectivity index (χ0) is 28.3. The summed E-state index contributed by atoms with van der Waals surface area (Å²) in [6, 6.07) is 9.21. The van der Waals surface area contributed by atoms with Crippen molar-refractivity contribution in [3.63, 3.8) is 0 Å². The number of carboxylic acid groups (broad SMARTS) is 1. The predicted octanol–water partition coefficient (Wildman–Crippen LogP) is 7.99. The highest BCUT2D eigenvalue weighted by Crippen LogP contribution is 2.34. The van der Waals surface area contributed by atoms with Crippen molar-refractivity contribution in [2.75, 3.05) is 11.9 Å². The van der Waals surface area contributed by atoms with E-state index in [1.165, 1.54) is 23.9 Å². The van der Waals surface area contributed by atoms with Gasteiger partial charge in [-0.2, -0.15) is 0 Å². The number of urea groups is 1. The highest BCUT2D eigenvalue weighted by molar-refractivity contribution is 9.10. The lowest BCUT2D eigenvalue weighted by molar-refractivity contribution is -0.274. The molecule has 2 amide bonds. The molecule has 2 N–H and O–H groups in total. The molecule has 0 aromatic heterocycles. The molecule has 37 heavy (non-hydrogen) atoms. The largest absolute Gasteiger partial charge is 0.573 e. The lowest BCUT2D eigenvalue weighted by Crippen LogP contribution is -2.43. The van der Waals surface area contributed by atoms with Gasteiger partial charge in [-0.3, -0.25) is 4.79 Å². The quantitative estimate of drug-likeness (QED) is 0.312. The van der Waals surface area contributed by atoms with Gasteiger partial charge in [-0.15, -0.1) is 24.9 Å². The smallest absolute Gasteiger partial charge is 0.480 e. The van der Waals surface area contributed by atoms with Gasteiger partial charge in [0, 0.05) is 23.2 Å². The van der Waals surface area contributed by atoms with Gasteiger partial charge in [0.25, 0.3) is 0 Å². The Balaban J connectivity index is 0.00000163. The number of halogens is 4. The van der Waals surface area contributed by atoms with E-state index < -0.39 is 23.3 Å². The minimum Gasteiger partial charge on any atom is -0.480 e. The average molecular weight is 608 g/mol. The Morgan fingerprint density at radius 3 is 2.30 bits per heavy atom. The summed E-state index contributed by atoms with van der Waals surface area (Å²) >= 11 is 4.30. The molecule has 0 fully saturated rings. The number of hydrogen-bond donors (Lipinski definition) is 2. The van der Waals surface area contributed by atoms with Crippen LogP contribution in [0.3, 0.4) is 0 Å². The van der Waals surface area contributed by atoms with Gasteiger partial charge in [-0.1, -0.05) is 33.8 Å². The number of carbonyl (C=O) groups excluding carboxylic acids is 1. The molecule has 0 spiro atoms. The lowest BCUT2D eigenvalue weighted by Gasteiger charge is -2.28. The number of carboxylic acids is 1. The second kappa shape index (κ2) is 15.1. The molecular formula is C26H34BrF3N2O4S. The molecule has 0 bridgehead atoms. The first-order chi connectivity index (χ1) is 17.5. The number of alkyl halides is 3. The van der Waals surface area contributed by atoms with Gasteiger partial charge >= 0.3 is 18.4 Å². The minimum atomic E-state index is -4.81. The van der Waals surface area contributed by atoms with E-state index in [4.69, 9.17) is 5.11 Å². The summed E-state index contributed by atoms with van der Waals surface area (Å²) in [6.45, 7) is 11.9. The molecule has 2 aromatic rings. The molecule has 206 valence electrons. The normalized spacial score (nSPS) is 14.7. The van der Waals surface area contributed by atoms with Gasteiger partial charge in [0.1, 0.15) is 11.0 Å². The van der Waals surface area contributed by atoms with Crippen LogP contribution in [0.5, 0.6) is 5.75 Å². The number of likely N-dealkylation sites (N-methyl/N-ethyl adjacent to an activating group) is 1. The standard InChI is InChI=1S/C22H22BrF3N2O4S.2C2H6/c1-3-28(21(31)27-15-5-7-19(18(23)11-15)32-22(24,25)26)16-8-13-4-6-17(10-14(13)9-16)33-12(2)20(29)30;2*1-2/h4-7,10-12,16H,3,8-9H2,1-2H3,(H,27,31)(H,29,30);2*1-2H3. The fourth-order valence-electron chi connectivity index (χ4n) is 3.67. The van der Waals surface area contributed by atoms with Gasteiger partial charge in [-0.05, 0) is 84.1 Å². The number of benzene rings is 2. The molecule has 3 rings (SSSR count). The lowest BCUT2D eigenvalue weighted by atomic mass is 10.1. The monoisotopic (exact) mass is 606 g/mol. The van der Waals surface area contributed by atoms with Gasteiger partial charge in [0.2, 0.25) is 0 Å². The first kappa shape index (κ1) is 32.6. The molecule has 0 aliphatic heterocycles. The Hall–Kier alpha value is -2.40. The van der Waals surface area contributed by atoms with Gasteiger partial charge < -0.3 is 20.1 Å². The number of nitrogens with one attached hydrogen (secondary N) is 1. The van der Waals surface area contributed by atoms with Crippen LogP contribution >= 0.6 is 27.7 Å². The topological polar surface area (TPSA) is 78.9 Å². The molecule has 11 heteroatoms. The molecular weight excluding hydrogens is 573 g/mol. The molecule has 0 heterocycles. The van der Waals surface area contributed by atoms with E-state index in [1.807, 2.05) is 52.8 Å². The van der Waals surface area contributed by atoms with Gasteiger partial charge in [0.15, 0.2) is 0 Å². The molecule has 0 saturated heterocycles. The third-order valence-electron chi connectivity index (χ3n) is 5.20. The second-order valence-corrected chi connectivity index (χ2v) is 9.77. The summed E-state index contributed by atoms with van der Waals surface area (Å²) in [4.78, 5) is 26.6. The number of hydrogen-bond acceptors (Lipinski definition) is 4. The Bertz CT molecular complexity index is 1050. The summed E-state index contributed by atoms with van der Waals surface area (Å²) in [6.07, 6.45) is -3.51. The minimum absolute atomic E-state index is 0.0644. The molecule has 2 atom stereocenters. The van der Waals surface area contributed by atoms with Crippen LogP contribution in [0.2, 0.25) is 0 Å². The number of nitrogens with zero attached hydrogens (tertiary/aromatic N) is 1. The number of rotatable bonds is 7. The van der Waals surface area contributed by atoms with E-state index in [-0.39, 0.29) is 16.5 Å². The molecule has 6 nitrogen and oxygen atoms in total. The molecule has 1 aliphatic rings. The summed E-state index contributed by atoms with van der Waals surface area (Å²) in [5.41, 5.74) is 2.51. The Labute approximate surface area is 229 Å². The van der Waals surface area contributed by atoms with E-state index >= 15 is 0 Å². The van der Waals surface area contributed by atoms with Crippen molar-refractivity contribution < 1.29 is 32.6 Å². The maximum absolute atomic E-state index is 12.9. The molecule has 1 aliphatic carbocycles. The van der Waals surface area contributed by atoms with Gasteiger partial charge in [-0.25, -0.2) is 4.79 Å². The van der Waals surface area contributed by atoms with Crippen molar-refractivity contribution in [2.24, 2.45) is 0 Å². The van der Waals surface area contributed by atoms with Gasteiger partial charge in [0.05, 0.1) is 4.47 Å². The van der Waals surface area contributed by atoms with E-state index in [0.29, 0.717) is 25.1 Å². The van der Waals surface area contributed by atoms with Crippen molar-refractivity contribution >= 4 is 45.4 Å². The van der Waals surface area contributed by atoms with Crippen molar-refractivity contribution in [1.82, 2.24) is 4.90 Å². The zero-order valence-corrected chi connectivity index (χ0v) is 24.2. The van der Waals surface area contributed by atoms with E-state index in [9.17, 15) is 22.8 Å². The molecule has 2 unspecified atom stereocenters. The number of aliphatic carboxylic acids is 1. The van der Waals surface area contributed by atoms with Crippen LogP contribution in [0.1, 0.15) is 52.7 Å². The molecule has 2 aromatic carbocycles. The number of thioether (sulfide) groups is 1. The summed E-state index contributed by atoms with van der Waals surface area (Å²) in [7, 11) is 0. The number of carbonyl (C=O) groups is 2. The van der Waals surface area contributed by atoms with Crippen LogP contribution in [0, 0.1) is 0 Å². The summed E-state index contributed by atoms with van der Waals surface area (Å²) < 4.78 is 41.3. The van der Waals surface area contributed by atoms with Crippen LogP contribution in [0.4, 0.5) is 23.7 Å². The van der Waals surface area contributed by atoms with E-state index in [0.717, 1.165) is 22.1 Å². The number of amides is 2. The predicted molar refractivity (Wildman–Crippen MR) is 146 cm³/mol. The first-order valence-electron chi connectivity index (χ1n) is 12.1. The van der Waals surface area contributed by atoms with Crippen molar-refractivity contribution in [3.05, 3.63) is 52.0 Å².